The number of pyridine rings is 1. The average Bonchev–Trinajstić information content (AvgIpc) is 2.96. The van der Waals surface area contributed by atoms with Crippen LogP contribution < -0.4 is 0 Å². The third kappa shape index (κ3) is 3.31. The molecule has 110 valence electrons. The second-order valence-corrected chi connectivity index (χ2v) is 5.87. The summed E-state index contributed by atoms with van der Waals surface area (Å²) in [5.41, 5.74) is 3.45. The van der Waals surface area contributed by atoms with Crippen LogP contribution in [0.3, 0.4) is 0 Å². The quantitative estimate of drug-likeness (QED) is 0.935. The monoisotopic (exact) mass is 282 g/mol. The summed E-state index contributed by atoms with van der Waals surface area (Å²) in [5, 5.41) is 10.5. The lowest BCUT2D eigenvalue weighted by molar-refractivity contribution is 0.106. The molecule has 2 heterocycles. The van der Waals surface area contributed by atoms with E-state index < -0.39 is 6.10 Å². The lowest BCUT2D eigenvalue weighted by Crippen LogP contribution is -2.28. The van der Waals surface area contributed by atoms with Gasteiger partial charge in [0, 0.05) is 25.0 Å². The van der Waals surface area contributed by atoms with E-state index in [1.54, 1.807) is 0 Å². The van der Waals surface area contributed by atoms with Crippen molar-refractivity contribution in [1.82, 2.24) is 9.88 Å². The van der Waals surface area contributed by atoms with Crippen molar-refractivity contribution in [3.63, 3.8) is 0 Å². The number of hydrogen-bond donors (Lipinski definition) is 1. The maximum absolute atomic E-state index is 10.5. The van der Waals surface area contributed by atoms with Crippen LogP contribution in [-0.2, 0) is 0 Å². The van der Waals surface area contributed by atoms with Crippen LogP contribution in [0, 0.1) is 6.92 Å². The molecule has 0 bridgehead atoms. The van der Waals surface area contributed by atoms with E-state index in [2.05, 4.69) is 35.0 Å². The zero-order valence-electron chi connectivity index (χ0n) is 12.4. The third-order valence-electron chi connectivity index (χ3n) is 4.27. The number of likely N-dealkylation sites (tertiary alicyclic amines) is 1. The Morgan fingerprint density at radius 3 is 3.00 bits per heavy atom. The van der Waals surface area contributed by atoms with Gasteiger partial charge in [0.1, 0.15) is 0 Å². The minimum Gasteiger partial charge on any atom is -0.387 e. The van der Waals surface area contributed by atoms with Crippen LogP contribution in [0.15, 0.2) is 48.8 Å². The van der Waals surface area contributed by atoms with Gasteiger partial charge in [0.15, 0.2) is 0 Å². The second kappa shape index (κ2) is 6.37. The SMILES string of the molecule is Cc1cccc(C(O)CN2CCCC2c2cccnc2)c1. The molecule has 2 atom stereocenters. The molecular formula is C18H22N2O. The van der Waals surface area contributed by atoms with Crippen LogP contribution in [0.25, 0.3) is 0 Å². The highest BCUT2D eigenvalue weighted by atomic mass is 16.3. The van der Waals surface area contributed by atoms with Gasteiger partial charge >= 0.3 is 0 Å². The predicted molar refractivity (Wildman–Crippen MR) is 83.9 cm³/mol. The van der Waals surface area contributed by atoms with E-state index in [1.807, 2.05) is 30.6 Å². The summed E-state index contributed by atoms with van der Waals surface area (Å²) in [6.45, 7) is 3.79. The van der Waals surface area contributed by atoms with Gasteiger partial charge in [-0.3, -0.25) is 9.88 Å². The van der Waals surface area contributed by atoms with Gasteiger partial charge in [-0.2, -0.15) is 0 Å². The van der Waals surface area contributed by atoms with Crippen molar-refractivity contribution in [2.45, 2.75) is 31.9 Å². The Morgan fingerprint density at radius 1 is 1.33 bits per heavy atom. The second-order valence-electron chi connectivity index (χ2n) is 5.87. The fourth-order valence-corrected chi connectivity index (χ4v) is 3.20. The van der Waals surface area contributed by atoms with E-state index in [1.165, 1.54) is 17.5 Å². The van der Waals surface area contributed by atoms with Crippen molar-refractivity contribution < 1.29 is 5.11 Å². The third-order valence-corrected chi connectivity index (χ3v) is 4.27. The van der Waals surface area contributed by atoms with E-state index in [0.717, 1.165) is 18.5 Å². The van der Waals surface area contributed by atoms with E-state index in [9.17, 15) is 5.11 Å². The molecule has 1 N–H and O–H groups in total. The van der Waals surface area contributed by atoms with Gasteiger partial charge in [0.05, 0.1) is 6.10 Å². The zero-order chi connectivity index (χ0) is 14.7. The number of nitrogens with zero attached hydrogens (tertiary/aromatic N) is 2. The number of rotatable bonds is 4. The molecule has 0 spiro atoms. The van der Waals surface area contributed by atoms with Gasteiger partial charge < -0.3 is 5.11 Å². The molecule has 1 fully saturated rings. The number of aliphatic hydroxyl groups is 1. The molecule has 2 aromatic rings. The van der Waals surface area contributed by atoms with Crippen LogP contribution in [-0.4, -0.2) is 28.1 Å². The van der Waals surface area contributed by atoms with Crippen molar-refractivity contribution in [3.8, 4) is 0 Å². The number of aliphatic hydroxyl groups excluding tert-OH is 1. The Morgan fingerprint density at radius 2 is 2.24 bits per heavy atom. The topological polar surface area (TPSA) is 36.4 Å². The Labute approximate surface area is 126 Å². The summed E-state index contributed by atoms with van der Waals surface area (Å²) < 4.78 is 0. The fourth-order valence-electron chi connectivity index (χ4n) is 3.20. The lowest BCUT2D eigenvalue weighted by atomic mass is 10.0. The van der Waals surface area contributed by atoms with Crippen molar-refractivity contribution in [2.75, 3.05) is 13.1 Å². The molecule has 0 amide bonds. The molecule has 1 saturated heterocycles. The van der Waals surface area contributed by atoms with Gasteiger partial charge in [-0.1, -0.05) is 35.9 Å². The van der Waals surface area contributed by atoms with Crippen LogP contribution in [0.2, 0.25) is 0 Å². The van der Waals surface area contributed by atoms with Gasteiger partial charge in [0.2, 0.25) is 0 Å². The first-order valence-electron chi connectivity index (χ1n) is 7.62. The highest BCUT2D eigenvalue weighted by Crippen LogP contribution is 2.32. The molecule has 21 heavy (non-hydrogen) atoms. The van der Waals surface area contributed by atoms with Crippen molar-refractivity contribution in [1.29, 1.82) is 0 Å². The summed E-state index contributed by atoms with van der Waals surface area (Å²) in [4.78, 5) is 6.60. The summed E-state index contributed by atoms with van der Waals surface area (Å²) >= 11 is 0. The molecule has 1 aliphatic heterocycles. The zero-order valence-corrected chi connectivity index (χ0v) is 12.4. The summed E-state index contributed by atoms with van der Waals surface area (Å²) in [7, 11) is 0. The van der Waals surface area contributed by atoms with E-state index in [0.29, 0.717) is 12.6 Å². The van der Waals surface area contributed by atoms with Crippen molar-refractivity contribution >= 4 is 0 Å². The molecule has 0 radical (unpaired) electrons. The highest BCUT2D eigenvalue weighted by molar-refractivity contribution is 5.24. The first-order chi connectivity index (χ1) is 10.2. The highest BCUT2D eigenvalue weighted by Gasteiger charge is 2.27. The smallest absolute Gasteiger partial charge is 0.0917 e. The standard InChI is InChI=1S/C18H22N2O/c1-14-5-2-6-15(11-14)18(21)13-20-10-4-8-17(20)16-7-3-9-19-12-16/h2-3,5-7,9,11-12,17-18,21H,4,8,10,13H2,1H3. The molecule has 3 nitrogen and oxygen atoms in total. The Hall–Kier alpha value is -1.71. The first-order valence-corrected chi connectivity index (χ1v) is 7.62. The van der Waals surface area contributed by atoms with Gasteiger partial charge in [-0.05, 0) is 43.5 Å². The number of aromatic nitrogens is 1. The van der Waals surface area contributed by atoms with E-state index >= 15 is 0 Å². The van der Waals surface area contributed by atoms with Gasteiger partial charge in [-0.15, -0.1) is 0 Å². The first kappa shape index (κ1) is 14.2. The number of hydrogen-bond acceptors (Lipinski definition) is 3. The molecule has 1 aliphatic rings. The summed E-state index contributed by atoms with van der Waals surface area (Å²) in [6, 6.07) is 12.7. The summed E-state index contributed by atoms with van der Waals surface area (Å²) in [6.07, 6.45) is 5.65. The van der Waals surface area contributed by atoms with Crippen LogP contribution >= 0.6 is 0 Å². The maximum Gasteiger partial charge on any atom is 0.0917 e. The molecule has 3 heteroatoms. The minimum absolute atomic E-state index is 0.387. The molecule has 1 aromatic heterocycles. The largest absolute Gasteiger partial charge is 0.387 e. The number of β-amino-alcohol motifs (C(OH)–C–C–N with tert-alkyl or cyclic N) is 1. The van der Waals surface area contributed by atoms with Crippen molar-refractivity contribution in [3.05, 3.63) is 65.5 Å². The molecular weight excluding hydrogens is 260 g/mol. The van der Waals surface area contributed by atoms with Crippen LogP contribution in [0.1, 0.15) is 41.7 Å². The normalized spacial score (nSPS) is 20.6. The molecule has 0 aliphatic carbocycles. The Balaban J connectivity index is 1.72. The van der Waals surface area contributed by atoms with Crippen molar-refractivity contribution in [2.24, 2.45) is 0 Å². The maximum atomic E-state index is 10.5. The Kier molecular flexibility index (Phi) is 4.32. The van der Waals surface area contributed by atoms with Gasteiger partial charge in [-0.25, -0.2) is 0 Å². The molecule has 0 saturated carbocycles. The van der Waals surface area contributed by atoms with Crippen LogP contribution in [0.5, 0.6) is 0 Å². The molecule has 2 unspecified atom stereocenters. The lowest BCUT2D eigenvalue weighted by Gasteiger charge is -2.27. The van der Waals surface area contributed by atoms with E-state index in [4.69, 9.17) is 0 Å². The number of benzene rings is 1. The predicted octanol–water partition coefficient (Wildman–Crippen LogP) is 3.26. The van der Waals surface area contributed by atoms with E-state index in [-0.39, 0.29) is 0 Å². The van der Waals surface area contributed by atoms with Crippen LogP contribution in [0.4, 0.5) is 0 Å². The number of aryl methyl sites for hydroxylation is 1. The Bertz CT molecular complexity index is 585. The molecule has 3 rings (SSSR count). The summed E-state index contributed by atoms with van der Waals surface area (Å²) in [5.74, 6) is 0. The average molecular weight is 282 g/mol. The minimum atomic E-state index is -0.429. The fraction of sp³-hybridized carbons (Fsp3) is 0.389. The van der Waals surface area contributed by atoms with Gasteiger partial charge in [0.25, 0.3) is 0 Å². The molecule has 1 aromatic carbocycles.